The van der Waals surface area contributed by atoms with Crippen molar-refractivity contribution in [2.45, 2.75) is 12.5 Å². The van der Waals surface area contributed by atoms with Crippen LogP contribution < -0.4 is 5.32 Å². The smallest absolute Gasteiger partial charge is 0.129 e. The zero-order valence-electron chi connectivity index (χ0n) is 10.2. The number of fused-ring (bicyclic) bond motifs is 1. The summed E-state index contributed by atoms with van der Waals surface area (Å²) >= 11 is 0. The van der Waals surface area contributed by atoms with Crippen molar-refractivity contribution in [3.63, 3.8) is 0 Å². The van der Waals surface area contributed by atoms with Gasteiger partial charge in [-0.3, -0.25) is 0 Å². The van der Waals surface area contributed by atoms with E-state index in [2.05, 4.69) is 5.32 Å². The lowest BCUT2D eigenvalue weighted by Gasteiger charge is -2.16. The molecule has 1 heterocycles. The first-order valence-electron chi connectivity index (χ1n) is 6.15. The number of para-hydroxylation sites is 1. The first-order chi connectivity index (χ1) is 9.16. The van der Waals surface area contributed by atoms with E-state index in [1.807, 2.05) is 12.1 Å². The normalized spacial score (nSPS) is 14.9. The Morgan fingerprint density at radius 1 is 1.11 bits per heavy atom. The van der Waals surface area contributed by atoms with Crippen molar-refractivity contribution in [2.75, 3.05) is 11.9 Å². The van der Waals surface area contributed by atoms with Crippen molar-refractivity contribution in [1.82, 2.24) is 0 Å². The summed E-state index contributed by atoms with van der Waals surface area (Å²) in [6.45, 7) is 0.796. The van der Waals surface area contributed by atoms with E-state index in [0.29, 0.717) is 5.56 Å². The lowest BCUT2D eigenvalue weighted by atomic mass is 9.97. The molecule has 2 aromatic carbocycles. The maximum absolute atomic E-state index is 13.7. The summed E-state index contributed by atoms with van der Waals surface area (Å²) in [5.74, 6) is -1.17. The second-order valence-corrected chi connectivity index (χ2v) is 4.63. The maximum Gasteiger partial charge on any atom is 0.129 e. The summed E-state index contributed by atoms with van der Waals surface area (Å²) in [6, 6.07) is 8.62. The number of rotatable bonds is 2. The van der Waals surface area contributed by atoms with Gasteiger partial charge in [-0.05, 0) is 30.2 Å². The summed E-state index contributed by atoms with van der Waals surface area (Å²) in [4.78, 5) is 0. The molecule has 1 atom stereocenters. The number of hydrogen-bond donors (Lipinski definition) is 2. The van der Waals surface area contributed by atoms with Crippen molar-refractivity contribution >= 4 is 5.69 Å². The number of nitrogens with one attached hydrogen (secondary N) is 1. The lowest BCUT2D eigenvalue weighted by Crippen LogP contribution is -2.06. The molecule has 2 aromatic rings. The number of aliphatic hydroxyl groups is 1. The van der Waals surface area contributed by atoms with Gasteiger partial charge in [0.15, 0.2) is 0 Å². The van der Waals surface area contributed by atoms with Crippen LogP contribution in [0, 0.1) is 11.6 Å². The van der Waals surface area contributed by atoms with Crippen molar-refractivity contribution < 1.29 is 13.9 Å². The topological polar surface area (TPSA) is 32.3 Å². The van der Waals surface area contributed by atoms with Gasteiger partial charge >= 0.3 is 0 Å². The molecule has 0 saturated carbocycles. The van der Waals surface area contributed by atoms with Crippen LogP contribution in [0.4, 0.5) is 14.5 Å². The van der Waals surface area contributed by atoms with Crippen LogP contribution in [0.15, 0.2) is 36.4 Å². The molecule has 19 heavy (non-hydrogen) atoms. The van der Waals surface area contributed by atoms with Gasteiger partial charge in [0.1, 0.15) is 17.7 Å². The Hall–Kier alpha value is -1.94. The van der Waals surface area contributed by atoms with Crippen molar-refractivity contribution in [1.29, 1.82) is 0 Å². The number of benzene rings is 2. The zero-order valence-corrected chi connectivity index (χ0v) is 10.2. The molecule has 0 fully saturated rings. The van der Waals surface area contributed by atoms with Gasteiger partial charge in [-0.1, -0.05) is 18.2 Å². The van der Waals surface area contributed by atoms with E-state index in [-0.39, 0.29) is 5.56 Å². The highest BCUT2D eigenvalue weighted by molar-refractivity contribution is 5.63. The average molecular weight is 261 g/mol. The lowest BCUT2D eigenvalue weighted by molar-refractivity contribution is 0.215. The fraction of sp³-hybridized carbons (Fsp3) is 0.200. The van der Waals surface area contributed by atoms with Crippen LogP contribution in [0.5, 0.6) is 0 Å². The molecule has 2 N–H and O–H groups in total. The number of aliphatic hydroxyl groups excluding tert-OH is 1. The molecule has 1 aliphatic heterocycles. The van der Waals surface area contributed by atoms with Crippen LogP contribution in [0.3, 0.4) is 0 Å². The highest BCUT2D eigenvalue weighted by atomic mass is 19.1. The minimum absolute atomic E-state index is 0.0397. The van der Waals surface area contributed by atoms with E-state index in [9.17, 15) is 13.9 Å². The molecular weight excluding hydrogens is 248 g/mol. The van der Waals surface area contributed by atoms with Gasteiger partial charge in [0.2, 0.25) is 0 Å². The monoisotopic (exact) mass is 261 g/mol. The Labute approximate surface area is 109 Å². The van der Waals surface area contributed by atoms with E-state index in [0.717, 1.165) is 42.4 Å². The van der Waals surface area contributed by atoms with Crippen LogP contribution in [0.1, 0.15) is 22.8 Å². The SMILES string of the molecule is OC(c1cc(F)ccc1F)c1cccc2c1NCC2. The molecule has 0 amide bonds. The van der Waals surface area contributed by atoms with Crippen LogP contribution in [-0.4, -0.2) is 11.7 Å². The quantitative estimate of drug-likeness (QED) is 0.871. The van der Waals surface area contributed by atoms with Gasteiger partial charge in [0.05, 0.1) is 0 Å². The van der Waals surface area contributed by atoms with Gasteiger partial charge in [-0.15, -0.1) is 0 Å². The Morgan fingerprint density at radius 3 is 2.79 bits per heavy atom. The van der Waals surface area contributed by atoms with E-state index >= 15 is 0 Å². The third kappa shape index (κ3) is 2.08. The molecule has 0 aliphatic carbocycles. The summed E-state index contributed by atoms with van der Waals surface area (Å²) in [5.41, 5.74) is 2.47. The Kier molecular flexibility index (Phi) is 2.95. The maximum atomic E-state index is 13.7. The summed E-state index contributed by atoms with van der Waals surface area (Å²) in [5, 5.41) is 13.5. The van der Waals surface area contributed by atoms with E-state index in [1.165, 1.54) is 0 Å². The van der Waals surface area contributed by atoms with E-state index < -0.39 is 17.7 Å². The molecule has 1 unspecified atom stereocenters. The molecule has 1 aliphatic rings. The third-order valence-electron chi connectivity index (χ3n) is 3.43. The molecule has 0 bridgehead atoms. The average Bonchev–Trinajstić information content (AvgIpc) is 2.89. The summed E-state index contributed by atoms with van der Waals surface area (Å²) in [6.07, 6.45) is -0.294. The fourth-order valence-corrected chi connectivity index (χ4v) is 2.49. The molecule has 0 radical (unpaired) electrons. The molecule has 0 saturated heterocycles. The van der Waals surface area contributed by atoms with Gasteiger partial charge < -0.3 is 10.4 Å². The minimum atomic E-state index is -1.17. The molecule has 0 aromatic heterocycles. The minimum Gasteiger partial charge on any atom is -0.384 e. The second kappa shape index (κ2) is 4.63. The molecule has 4 heteroatoms. The van der Waals surface area contributed by atoms with Crippen LogP contribution >= 0.6 is 0 Å². The highest BCUT2D eigenvalue weighted by Crippen LogP contribution is 2.34. The standard InChI is InChI=1S/C15H13F2NO/c16-10-4-5-13(17)12(8-10)15(19)11-3-1-2-9-6-7-18-14(9)11/h1-5,8,15,18-19H,6-7H2. The van der Waals surface area contributed by atoms with E-state index in [4.69, 9.17) is 0 Å². The number of anilines is 1. The molecule has 3 rings (SSSR count). The zero-order chi connectivity index (χ0) is 13.4. The van der Waals surface area contributed by atoms with Gasteiger partial charge in [-0.25, -0.2) is 8.78 Å². The molecule has 2 nitrogen and oxygen atoms in total. The van der Waals surface area contributed by atoms with Crippen molar-refractivity contribution in [2.24, 2.45) is 0 Å². The summed E-state index contributed by atoms with van der Waals surface area (Å²) < 4.78 is 26.9. The summed E-state index contributed by atoms with van der Waals surface area (Å²) in [7, 11) is 0. The first kappa shape index (κ1) is 12.1. The van der Waals surface area contributed by atoms with Crippen molar-refractivity contribution in [3.8, 4) is 0 Å². The molecular formula is C15H13F2NO. The Bertz CT molecular complexity index is 628. The highest BCUT2D eigenvalue weighted by Gasteiger charge is 2.22. The first-order valence-corrected chi connectivity index (χ1v) is 6.15. The van der Waals surface area contributed by atoms with Gasteiger partial charge in [-0.2, -0.15) is 0 Å². The second-order valence-electron chi connectivity index (χ2n) is 4.63. The van der Waals surface area contributed by atoms with Crippen molar-refractivity contribution in [3.05, 3.63) is 64.7 Å². The van der Waals surface area contributed by atoms with Gasteiger partial charge in [0.25, 0.3) is 0 Å². The number of hydrogen-bond acceptors (Lipinski definition) is 2. The Balaban J connectivity index is 2.07. The number of halogens is 2. The fourth-order valence-electron chi connectivity index (χ4n) is 2.49. The van der Waals surface area contributed by atoms with Crippen LogP contribution in [0.25, 0.3) is 0 Å². The Morgan fingerprint density at radius 2 is 1.95 bits per heavy atom. The molecule has 98 valence electrons. The molecule has 0 spiro atoms. The van der Waals surface area contributed by atoms with Gasteiger partial charge in [0, 0.05) is 23.4 Å². The predicted octanol–water partition coefficient (Wildman–Crippen LogP) is 3.01. The largest absolute Gasteiger partial charge is 0.384 e. The predicted molar refractivity (Wildman–Crippen MR) is 69.1 cm³/mol. The van der Waals surface area contributed by atoms with E-state index in [1.54, 1.807) is 6.07 Å². The third-order valence-corrected chi connectivity index (χ3v) is 3.43. The van der Waals surface area contributed by atoms with Crippen LogP contribution in [0.2, 0.25) is 0 Å². The van der Waals surface area contributed by atoms with Crippen LogP contribution in [-0.2, 0) is 6.42 Å².